The number of halogens is 2. The number of benzene rings is 2. The molecule has 2 aromatic carbocycles. The van der Waals surface area contributed by atoms with Crippen LogP contribution in [0.4, 0.5) is 8.78 Å². The van der Waals surface area contributed by atoms with Gasteiger partial charge in [-0.15, -0.1) is 0 Å². The van der Waals surface area contributed by atoms with E-state index >= 15 is 0 Å². The van der Waals surface area contributed by atoms with Gasteiger partial charge in [-0.25, -0.2) is 18.6 Å². The second-order valence-electron chi connectivity index (χ2n) is 5.11. The number of rotatable bonds is 3. The van der Waals surface area contributed by atoms with Crippen molar-refractivity contribution in [3.05, 3.63) is 75.8 Å². The fourth-order valence-corrected chi connectivity index (χ4v) is 2.27. The van der Waals surface area contributed by atoms with Crippen LogP contribution in [0, 0.1) is 11.6 Å². The zero-order valence-corrected chi connectivity index (χ0v) is 12.5. The molecule has 1 atom stereocenters. The Bertz CT molecular complexity index is 965. The van der Waals surface area contributed by atoms with Crippen LogP contribution in [0.2, 0.25) is 0 Å². The summed E-state index contributed by atoms with van der Waals surface area (Å²) < 4.78 is 32.3. The molecule has 0 saturated carbocycles. The van der Waals surface area contributed by atoms with Gasteiger partial charge in [0.05, 0.1) is 10.9 Å². The topological polar surface area (TPSA) is 72.0 Å². The van der Waals surface area contributed by atoms with E-state index in [9.17, 15) is 18.4 Å². The number of aromatic amines is 1. The summed E-state index contributed by atoms with van der Waals surface area (Å²) >= 11 is 0. The molecule has 0 aliphatic heterocycles. The molecule has 0 spiro atoms. The molecule has 0 fully saturated rings. The van der Waals surface area contributed by atoms with Crippen molar-refractivity contribution >= 4 is 16.9 Å². The maximum absolute atomic E-state index is 13.6. The summed E-state index contributed by atoms with van der Waals surface area (Å²) in [6.07, 6.45) is -0.992. The Kier molecular flexibility index (Phi) is 4.07. The number of carbonyl (C=O) groups is 1. The van der Waals surface area contributed by atoms with E-state index in [2.05, 4.69) is 9.97 Å². The van der Waals surface area contributed by atoms with Crippen molar-refractivity contribution in [3.63, 3.8) is 0 Å². The van der Waals surface area contributed by atoms with Gasteiger partial charge in [-0.05, 0) is 31.2 Å². The smallest absolute Gasteiger partial charge is 0.344 e. The zero-order chi connectivity index (χ0) is 17.3. The molecule has 0 aliphatic carbocycles. The summed E-state index contributed by atoms with van der Waals surface area (Å²) in [4.78, 5) is 30.7. The molecule has 0 aliphatic rings. The fourth-order valence-electron chi connectivity index (χ4n) is 2.27. The third-order valence-electron chi connectivity index (χ3n) is 3.47. The molecule has 3 aromatic rings. The molecule has 24 heavy (non-hydrogen) atoms. The van der Waals surface area contributed by atoms with Gasteiger partial charge in [0, 0.05) is 0 Å². The Hall–Kier alpha value is -3.09. The molecular formula is C17H12F2N2O3. The van der Waals surface area contributed by atoms with E-state index in [0.29, 0.717) is 10.9 Å². The highest BCUT2D eigenvalue weighted by atomic mass is 19.1. The highest BCUT2D eigenvalue weighted by molar-refractivity contribution is 5.90. The van der Waals surface area contributed by atoms with Crippen molar-refractivity contribution in [2.45, 2.75) is 13.0 Å². The zero-order valence-electron chi connectivity index (χ0n) is 12.5. The van der Waals surface area contributed by atoms with Crippen molar-refractivity contribution < 1.29 is 18.3 Å². The van der Waals surface area contributed by atoms with E-state index in [-0.39, 0.29) is 5.82 Å². The van der Waals surface area contributed by atoms with Gasteiger partial charge in [0.1, 0.15) is 17.2 Å². The van der Waals surface area contributed by atoms with Gasteiger partial charge in [0.2, 0.25) is 0 Å². The summed E-state index contributed by atoms with van der Waals surface area (Å²) in [6.45, 7) is 1.45. The molecule has 7 heteroatoms. The summed E-state index contributed by atoms with van der Waals surface area (Å²) in [7, 11) is 0. The number of para-hydroxylation sites is 1. The molecule has 3 rings (SSSR count). The summed E-state index contributed by atoms with van der Waals surface area (Å²) in [5.41, 5.74) is -0.751. The molecule has 1 N–H and O–H groups in total. The SMILES string of the molecule is C[C@@H](OC(=O)c1c(F)cccc1F)c1nc2ccccc2c(=O)[nH]1. The standard InChI is InChI=1S/C17H12F2N2O3/c1-9(24-17(23)14-11(18)6-4-7-12(14)19)15-20-13-8-3-2-5-10(13)16(22)21-15/h2-9H,1H3,(H,20,21,22)/t9-/m1/s1. The number of nitrogens with zero attached hydrogens (tertiary/aromatic N) is 1. The van der Waals surface area contributed by atoms with E-state index in [1.165, 1.54) is 6.92 Å². The number of hydrogen-bond donors (Lipinski definition) is 1. The molecule has 0 amide bonds. The minimum absolute atomic E-state index is 0.0868. The number of nitrogens with one attached hydrogen (secondary N) is 1. The van der Waals surface area contributed by atoms with E-state index < -0.39 is 34.8 Å². The number of ether oxygens (including phenoxy) is 1. The second kappa shape index (κ2) is 6.19. The quantitative estimate of drug-likeness (QED) is 0.749. The number of hydrogen-bond acceptors (Lipinski definition) is 4. The van der Waals surface area contributed by atoms with Crippen LogP contribution in [0.5, 0.6) is 0 Å². The van der Waals surface area contributed by atoms with Gasteiger partial charge in [-0.3, -0.25) is 4.79 Å². The Morgan fingerprint density at radius 3 is 2.50 bits per heavy atom. The minimum Gasteiger partial charge on any atom is -0.451 e. The van der Waals surface area contributed by atoms with Crippen LogP contribution in [0.15, 0.2) is 47.3 Å². The Morgan fingerprint density at radius 1 is 1.12 bits per heavy atom. The molecular weight excluding hydrogens is 318 g/mol. The average molecular weight is 330 g/mol. The van der Waals surface area contributed by atoms with Crippen LogP contribution in [0.25, 0.3) is 10.9 Å². The first kappa shape index (κ1) is 15.8. The van der Waals surface area contributed by atoms with Crippen molar-refractivity contribution in [2.24, 2.45) is 0 Å². The maximum atomic E-state index is 13.6. The highest BCUT2D eigenvalue weighted by Crippen LogP contribution is 2.19. The number of H-pyrrole nitrogens is 1. The number of esters is 1. The monoisotopic (exact) mass is 330 g/mol. The molecule has 1 aromatic heterocycles. The number of aromatic nitrogens is 2. The predicted octanol–water partition coefficient (Wildman–Crippen LogP) is 3.12. The third-order valence-corrected chi connectivity index (χ3v) is 3.47. The Balaban J connectivity index is 1.91. The van der Waals surface area contributed by atoms with Crippen molar-refractivity contribution in [1.82, 2.24) is 9.97 Å². The van der Waals surface area contributed by atoms with E-state index in [4.69, 9.17) is 4.74 Å². The summed E-state index contributed by atoms with van der Waals surface area (Å²) in [6, 6.07) is 9.72. The van der Waals surface area contributed by atoms with Gasteiger partial charge in [-0.2, -0.15) is 0 Å². The molecule has 0 saturated heterocycles. The lowest BCUT2D eigenvalue weighted by molar-refractivity contribution is 0.0309. The molecule has 0 bridgehead atoms. The first-order valence-electron chi connectivity index (χ1n) is 7.11. The first-order valence-corrected chi connectivity index (χ1v) is 7.11. The van der Waals surface area contributed by atoms with Gasteiger partial charge < -0.3 is 9.72 Å². The van der Waals surface area contributed by atoms with Crippen molar-refractivity contribution in [1.29, 1.82) is 0 Å². The molecule has 122 valence electrons. The second-order valence-corrected chi connectivity index (χ2v) is 5.11. The lowest BCUT2D eigenvalue weighted by atomic mass is 10.2. The summed E-state index contributed by atoms with van der Waals surface area (Å²) in [5, 5.41) is 0.389. The highest BCUT2D eigenvalue weighted by Gasteiger charge is 2.22. The lowest BCUT2D eigenvalue weighted by Gasteiger charge is -2.13. The minimum atomic E-state index is -1.17. The first-order chi connectivity index (χ1) is 11.5. The lowest BCUT2D eigenvalue weighted by Crippen LogP contribution is -2.18. The largest absolute Gasteiger partial charge is 0.451 e. The fraction of sp³-hybridized carbons (Fsp3) is 0.118. The molecule has 5 nitrogen and oxygen atoms in total. The predicted molar refractivity (Wildman–Crippen MR) is 82.6 cm³/mol. The van der Waals surface area contributed by atoms with Gasteiger partial charge in [0.25, 0.3) is 5.56 Å². The van der Waals surface area contributed by atoms with E-state index in [1.807, 2.05) is 0 Å². The van der Waals surface area contributed by atoms with Crippen LogP contribution < -0.4 is 5.56 Å². The van der Waals surface area contributed by atoms with Crippen LogP contribution in [0.3, 0.4) is 0 Å². The van der Waals surface area contributed by atoms with Gasteiger partial charge in [0.15, 0.2) is 11.9 Å². The maximum Gasteiger partial charge on any atom is 0.344 e. The molecule has 0 unspecified atom stereocenters. The summed E-state index contributed by atoms with van der Waals surface area (Å²) in [5.74, 6) is -3.13. The Labute approximate surface area is 134 Å². The van der Waals surface area contributed by atoms with Crippen LogP contribution >= 0.6 is 0 Å². The van der Waals surface area contributed by atoms with E-state index in [0.717, 1.165) is 18.2 Å². The van der Waals surface area contributed by atoms with Gasteiger partial charge >= 0.3 is 5.97 Å². The number of carbonyl (C=O) groups excluding carboxylic acids is 1. The van der Waals surface area contributed by atoms with Crippen LogP contribution in [-0.2, 0) is 4.74 Å². The molecule has 0 radical (unpaired) electrons. The van der Waals surface area contributed by atoms with E-state index in [1.54, 1.807) is 24.3 Å². The van der Waals surface area contributed by atoms with Crippen LogP contribution in [0.1, 0.15) is 29.2 Å². The normalized spacial score (nSPS) is 12.1. The van der Waals surface area contributed by atoms with Gasteiger partial charge in [-0.1, -0.05) is 18.2 Å². The average Bonchev–Trinajstić information content (AvgIpc) is 2.54. The number of fused-ring (bicyclic) bond motifs is 1. The van der Waals surface area contributed by atoms with Crippen molar-refractivity contribution in [3.8, 4) is 0 Å². The van der Waals surface area contributed by atoms with Crippen molar-refractivity contribution in [2.75, 3.05) is 0 Å². The molecule has 1 heterocycles. The van der Waals surface area contributed by atoms with Crippen LogP contribution in [-0.4, -0.2) is 15.9 Å². The third kappa shape index (κ3) is 2.88. The Morgan fingerprint density at radius 2 is 1.79 bits per heavy atom.